The third-order valence-electron chi connectivity index (χ3n) is 3.34. The summed E-state index contributed by atoms with van der Waals surface area (Å²) >= 11 is 0. The molecule has 4 heteroatoms. The molecule has 4 nitrogen and oxygen atoms in total. The molecule has 1 aromatic rings. The third-order valence-corrected chi connectivity index (χ3v) is 3.34. The Morgan fingerprint density at radius 3 is 2.94 bits per heavy atom. The number of nitrogens with zero attached hydrogens (tertiary/aromatic N) is 1. The molecule has 0 spiro atoms. The number of hydrogen-bond acceptors (Lipinski definition) is 2. The van der Waals surface area contributed by atoms with Gasteiger partial charge in [0, 0.05) is 25.0 Å². The monoisotopic (exact) mass is 247 g/mol. The minimum Gasteiger partial charge on any atom is -0.338 e. The van der Waals surface area contributed by atoms with Gasteiger partial charge in [-0.15, -0.1) is 0 Å². The topological polar surface area (TPSA) is 54.0 Å². The molecule has 0 bridgehead atoms. The van der Waals surface area contributed by atoms with E-state index in [-0.39, 0.29) is 6.03 Å². The van der Waals surface area contributed by atoms with Crippen LogP contribution < -0.4 is 10.6 Å². The van der Waals surface area contributed by atoms with Crippen LogP contribution in [0.5, 0.6) is 0 Å². The first-order valence-corrected chi connectivity index (χ1v) is 6.78. The number of hydrogen-bond donors (Lipinski definition) is 2. The average Bonchev–Trinajstić information content (AvgIpc) is 2.89. The maximum atomic E-state index is 11.6. The van der Waals surface area contributed by atoms with Gasteiger partial charge in [-0.3, -0.25) is 4.98 Å². The van der Waals surface area contributed by atoms with Crippen molar-refractivity contribution in [1.82, 2.24) is 15.6 Å². The fraction of sp³-hybridized carbons (Fsp3) is 0.571. The summed E-state index contributed by atoms with van der Waals surface area (Å²) in [5, 5.41) is 5.92. The van der Waals surface area contributed by atoms with Gasteiger partial charge in [-0.25, -0.2) is 4.79 Å². The molecule has 2 rings (SSSR count). The fourth-order valence-corrected chi connectivity index (χ4v) is 2.35. The highest BCUT2D eigenvalue weighted by Crippen LogP contribution is 2.17. The summed E-state index contributed by atoms with van der Waals surface area (Å²) in [6, 6.07) is 4.37. The van der Waals surface area contributed by atoms with Crippen molar-refractivity contribution in [3.63, 3.8) is 0 Å². The average molecular weight is 247 g/mol. The number of pyridine rings is 1. The van der Waals surface area contributed by atoms with E-state index in [1.165, 1.54) is 18.4 Å². The smallest absolute Gasteiger partial charge is 0.315 e. The van der Waals surface area contributed by atoms with Crippen LogP contribution in [0.25, 0.3) is 0 Å². The largest absolute Gasteiger partial charge is 0.338 e. The molecule has 1 saturated carbocycles. The zero-order chi connectivity index (χ0) is 12.6. The van der Waals surface area contributed by atoms with Crippen molar-refractivity contribution >= 4 is 6.03 Å². The molecule has 98 valence electrons. The van der Waals surface area contributed by atoms with Gasteiger partial charge in [0.1, 0.15) is 0 Å². The van der Waals surface area contributed by atoms with E-state index in [1.807, 2.05) is 12.3 Å². The summed E-state index contributed by atoms with van der Waals surface area (Å²) in [6.45, 7) is 0.716. The molecule has 0 aromatic carbocycles. The van der Waals surface area contributed by atoms with E-state index in [0.29, 0.717) is 12.6 Å². The number of amides is 2. The molecular formula is C14H21N3O. The Labute approximate surface area is 108 Å². The molecule has 0 radical (unpaired) electrons. The minimum atomic E-state index is -0.0203. The minimum absolute atomic E-state index is 0.0203. The van der Waals surface area contributed by atoms with Gasteiger partial charge in [0.25, 0.3) is 0 Å². The van der Waals surface area contributed by atoms with Gasteiger partial charge in [-0.2, -0.15) is 0 Å². The van der Waals surface area contributed by atoms with Crippen LogP contribution in [0.3, 0.4) is 0 Å². The quantitative estimate of drug-likeness (QED) is 0.784. The molecule has 0 unspecified atom stereocenters. The Balaban J connectivity index is 1.56. The molecule has 1 aliphatic rings. The van der Waals surface area contributed by atoms with E-state index < -0.39 is 0 Å². The second kappa shape index (κ2) is 6.99. The highest BCUT2D eigenvalue weighted by molar-refractivity contribution is 5.74. The number of aromatic nitrogens is 1. The van der Waals surface area contributed by atoms with Crippen LogP contribution in [0, 0.1) is 0 Å². The van der Waals surface area contributed by atoms with Gasteiger partial charge in [0.15, 0.2) is 0 Å². The number of carbonyl (C=O) groups excluding carboxylic acids is 1. The second-order valence-electron chi connectivity index (χ2n) is 4.85. The summed E-state index contributed by atoms with van der Waals surface area (Å²) in [5.74, 6) is 0. The normalized spacial score (nSPS) is 15.6. The lowest BCUT2D eigenvalue weighted by molar-refractivity contribution is 0.237. The van der Waals surface area contributed by atoms with Crippen molar-refractivity contribution in [2.24, 2.45) is 0 Å². The lowest BCUT2D eigenvalue weighted by Crippen LogP contribution is -2.41. The standard InChI is InChI=1S/C14H21N3O/c18-14(17-13-7-1-2-8-13)16-10-4-6-12-5-3-9-15-11-12/h3,5,9,11,13H,1-2,4,6-8,10H2,(H2,16,17,18). The SMILES string of the molecule is O=C(NCCCc1cccnc1)NC1CCCC1. The van der Waals surface area contributed by atoms with Crippen LogP contribution in [-0.4, -0.2) is 23.6 Å². The Kier molecular flexibility index (Phi) is 5.00. The van der Waals surface area contributed by atoms with Crippen LogP contribution in [-0.2, 0) is 6.42 Å². The zero-order valence-corrected chi connectivity index (χ0v) is 10.7. The van der Waals surface area contributed by atoms with Gasteiger partial charge in [-0.1, -0.05) is 18.9 Å². The van der Waals surface area contributed by atoms with E-state index >= 15 is 0 Å². The lowest BCUT2D eigenvalue weighted by Gasteiger charge is -2.12. The van der Waals surface area contributed by atoms with Crippen molar-refractivity contribution in [2.75, 3.05) is 6.54 Å². The number of urea groups is 1. The first-order valence-electron chi connectivity index (χ1n) is 6.78. The van der Waals surface area contributed by atoms with Crippen LogP contribution in [0.15, 0.2) is 24.5 Å². The number of aryl methyl sites for hydroxylation is 1. The van der Waals surface area contributed by atoms with Crippen molar-refractivity contribution < 1.29 is 4.79 Å². The Hall–Kier alpha value is -1.58. The summed E-state index contributed by atoms with van der Waals surface area (Å²) in [4.78, 5) is 15.6. The predicted molar refractivity (Wildman–Crippen MR) is 71.3 cm³/mol. The van der Waals surface area contributed by atoms with E-state index in [2.05, 4.69) is 21.7 Å². The van der Waals surface area contributed by atoms with Gasteiger partial charge >= 0.3 is 6.03 Å². The van der Waals surface area contributed by atoms with Crippen molar-refractivity contribution in [1.29, 1.82) is 0 Å². The summed E-state index contributed by atoms with van der Waals surface area (Å²) in [5.41, 5.74) is 1.22. The maximum absolute atomic E-state index is 11.6. The highest BCUT2D eigenvalue weighted by Gasteiger charge is 2.16. The van der Waals surface area contributed by atoms with Gasteiger partial charge in [-0.05, 0) is 37.3 Å². The van der Waals surface area contributed by atoms with Crippen LogP contribution in [0.2, 0.25) is 0 Å². The van der Waals surface area contributed by atoms with Crippen molar-refractivity contribution in [3.8, 4) is 0 Å². The third kappa shape index (κ3) is 4.35. The zero-order valence-electron chi connectivity index (χ0n) is 10.7. The molecule has 1 aromatic heterocycles. The molecule has 0 atom stereocenters. The molecular weight excluding hydrogens is 226 g/mol. The van der Waals surface area contributed by atoms with Crippen molar-refractivity contribution in [3.05, 3.63) is 30.1 Å². The predicted octanol–water partition coefficient (Wildman–Crippen LogP) is 2.26. The summed E-state index contributed by atoms with van der Waals surface area (Å²) < 4.78 is 0. The van der Waals surface area contributed by atoms with Crippen LogP contribution >= 0.6 is 0 Å². The Morgan fingerprint density at radius 2 is 2.22 bits per heavy atom. The lowest BCUT2D eigenvalue weighted by atomic mass is 10.1. The molecule has 1 fully saturated rings. The molecule has 1 aliphatic carbocycles. The number of rotatable bonds is 5. The van der Waals surface area contributed by atoms with Gasteiger partial charge in [0.05, 0.1) is 0 Å². The van der Waals surface area contributed by atoms with Crippen LogP contribution in [0.4, 0.5) is 4.79 Å². The molecule has 0 saturated heterocycles. The van der Waals surface area contributed by atoms with E-state index in [4.69, 9.17) is 0 Å². The van der Waals surface area contributed by atoms with Gasteiger partial charge in [0.2, 0.25) is 0 Å². The summed E-state index contributed by atoms with van der Waals surface area (Å²) in [7, 11) is 0. The van der Waals surface area contributed by atoms with Crippen LogP contribution in [0.1, 0.15) is 37.7 Å². The summed E-state index contributed by atoms with van der Waals surface area (Å²) in [6.07, 6.45) is 10.3. The molecule has 2 N–H and O–H groups in total. The first kappa shape index (κ1) is 12.9. The first-order chi connectivity index (χ1) is 8.84. The Morgan fingerprint density at radius 1 is 1.39 bits per heavy atom. The number of carbonyl (C=O) groups is 1. The van der Waals surface area contributed by atoms with Gasteiger partial charge < -0.3 is 10.6 Å². The molecule has 18 heavy (non-hydrogen) atoms. The van der Waals surface area contributed by atoms with E-state index in [9.17, 15) is 4.79 Å². The maximum Gasteiger partial charge on any atom is 0.315 e. The van der Waals surface area contributed by atoms with E-state index in [1.54, 1.807) is 6.20 Å². The molecule has 0 aliphatic heterocycles. The molecule has 2 amide bonds. The Bertz CT molecular complexity index is 361. The molecule has 1 heterocycles. The number of nitrogens with one attached hydrogen (secondary N) is 2. The second-order valence-corrected chi connectivity index (χ2v) is 4.85. The van der Waals surface area contributed by atoms with Crippen molar-refractivity contribution in [2.45, 2.75) is 44.6 Å². The fourth-order valence-electron chi connectivity index (χ4n) is 2.35. The van der Waals surface area contributed by atoms with E-state index in [0.717, 1.165) is 25.7 Å². The highest BCUT2D eigenvalue weighted by atomic mass is 16.2.